The van der Waals surface area contributed by atoms with Gasteiger partial charge < -0.3 is 9.47 Å². The van der Waals surface area contributed by atoms with Gasteiger partial charge in [0.1, 0.15) is 5.69 Å². The number of fused-ring (bicyclic) bond motifs is 1. The minimum atomic E-state index is -0.956. The third kappa shape index (κ3) is 2.24. The number of ether oxygens (including phenoxy) is 2. The first kappa shape index (κ1) is 12.6. The zero-order valence-corrected chi connectivity index (χ0v) is 10.8. The fourth-order valence-corrected chi connectivity index (χ4v) is 2.00. The number of hydrogen-bond donors (Lipinski definition) is 0. The third-order valence-corrected chi connectivity index (χ3v) is 2.93. The van der Waals surface area contributed by atoms with E-state index in [0.717, 1.165) is 16.3 Å². The average Bonchev–Trinajstić information content (AvgIpc) is 2.37. The van der Waals surface area contributed by atoms with E-state index in [4.69, 9.17) is 21.1 Å². The van der Waals surface area contributed by atoms with Crippen LogP contribution in [0.2, 0.25) is 0 Å². The van der Waals surface area contributed by atoms with Crippen molar-refractivity contribution in [3.8, 4) is 5.75 Å². The number of carbonyl (C=O) groups excluding carboxylic acids is 1. The first-order chi connectivity index (χ1) is 8.67. The Balaban J connectivity index is 2.64. The van der Waals surface area contributed by atoms with Crippen molar-refractivity contribution in [1.82, 2.24) is 4.98 Å². The number of carbonyl (C=O) groups is 1. The minimum absolute atomic E-state index is 0.291. The van der Waals surface area contributed by atoms with Crippen LogP contribution < -0.4 is 4.74 Å². The maximum Gasteiger partial charge on any atom is 0.294 e. The Hall–Kier alpha value is -1.81. The Kier molecular flexibility index (Phi) is 3.67. The Morgan fingerprint density at radius 2 is 2.22 bits per heavy atom. The largest absolute Gasteiger partial charge is 0.494 e. The van der Waals surface area contributed by atoms with Crippen LogP contribution in [-0.4, -0.2) is 18.6 Å². The lowest BCUT2D eigenvalue weighted by atomic mass is 10.1. The van der Waals surface area contributed by atoms with Gasteiger partial charge in [0.15, 0.2) is 5.75 Å². The van der Waals surface area contributed by atoms with E-state index in [1.807, 2.05) is 25.1 Å². The molecule has 18 heavy (non-hydrogen) atoms. The molecule has 0 saturated carbocycles. The second-order valence-corrected chi connectivity index (χ2v) is 4.21. The summed E-state index contributed by atoms with van der Waals surface area (Å²) in [6.45, 7) is 2.28. The highest BCUT2D eigenvalue weighted by Crippen LogP contribution is 2.34. The molecular weight excluding hydrogens is 254 g/mol. The summed E-state index contributed by atoms with van der Waals surface area (Å²) in [5, 5.41) is 1.83. The number of halogens is 1. The number of hydrogen-bond acceptors (Lipinski definition) is 4. The third-order valence-electron chi connectivity index (χ3n) is 2.62. The van der Waals surface area contributed by atoms with Crippen LogP contribution in [-0.2, 0) is 9.53 Å². The molecule has 0 aliphatic heterocycles. The van der Waals surface area contributed by atoms with E-state index in [2.05, 4.69) is 4.98 Å². The van der Waals surface area contributed by atoms with Crippen LogP contribution >= 0.6 is 11.6 Å². The van der Waals surface area contributed by atoms with Gasteiger partial charge in [-0.1, -0.05) is 29.3 Å². The SMILES string of the molecule is COc1c(C(Cl)OC=O)ncc2ccc(C)cc12. The summed E-state index contributed by atoms with van der Waals surface area (Å²) < 4.78 is 10.0. The van der Waals surface area contributed by atoms with Gasteiger partial charge in [0.2, 0.25) is 5.56 Å². The molecule has 0 spiro atoms. The van der Waals surface area contributed by atoms with Gasteiger partial charge in [0.25, 0.3) is 6.47 Å². The van der Waals surface area contributed by atoms with Gasteiger partial charge in [0, 0.05) is 17.0 Å². The van der Waals surface area contributed by atoms with Gasteiger partial charge >= 0.3 is 0 Å². The van der Waals surface area contributed by atoms with Crippen molar-refractivity contribution in [3.63, 3.8) is 0 Å². The number of pyridine rings is 1. The molecule has 0 aliphatic rings. The topological polar surface area (TPSA) is 48.4 Å². The van der Waals surface area contributed by atoms with E-state index < -0.39 is 5.56 Å². The van der Waals surface area contributed by atoms with Gasteiger partial charge in [0.05, 0.1) is 7.11 Å². The molecule has 0 saturated heterocycles. The number of rotatable bonds is 4. The number of methoxy groups -OCH3 is 1. The molecule has 4 nitrogen and oxygen atoms in total. The lowest BCUT2D eigenvalue weighted by molar-refractivity contribution is -0.130. The van der Waals surface area contributed by atoms with Crippen molar-refractivity contribution in [2.75, 3.05) is 7.11 Å². The lowest BCUT2D eigenvalue weighted by Gasteiger charge is -2.14. The van der Waals surface area contributed by atoms with Crippen molar-refractivity contribution in [2.24, 2.45) is 0 Å². The molecule has 0 amide bonds. The highest BCUT2D eigenvalue weighted by molar-refractivity contribution is 6.20. The van der Waals surface area contributed by atoms with E-state index in [-0.39, 0.29) is 0 Å². The fourth-order valence-electron chi connectivity index (χ4n) is 1.80. The summed E-state index contributed by atoms with van der Waals surface area (Å²) in [5.74, 6) is 0.526. The van der Waals surface area contributed by atoms with E-state index >= 15 is 0 Å². The summed E-state index contributed by atoms with van der Waals surface area (Å²) >= 11 is 5.93. The van der Waals surface area contributed by atoms with Crippen LogP contribution in [0.4, 0.5) is 0 Å². The van der Waals surface area contributed by atoms with Crippen LogP contribution in [0.1, 0.15) is 16.8 Å². The summed E-state index contributed by atoms with van der Waals surface area (Å²) in [4.78, 5) is 14.5. The standard InChI is InChI=1S/C13H12ClNO3/c1-8-3-4-9-6-15-11(13(14)18-7-16)12(17-2)10(9)5-8/h3-7,13H,1-2H3. The van der Waals surface area contributed by atoms with Crippen LogP contribution in [0.25, 0.3) is 10.8 Å². The van der Waals surface area contributed by atoms with Crippen molar-refractivity contribution >= 4 is 28.8 Å². The van der Waals surface area contributed by atoms with Gasteiger partial charge in [-0.05, 0) is 13.0 Å². The normalized spacial score (nSPS) is 12.2. The molecule has 5 heteroatoms. The summed E-state index contributed by atoms with van der Waals surface area (Å²) in [6.07, 6.45) is 1.68. The predicted molar refractivity (Wildman–Crippen MR) is 68.8 cm³/mol. The Morgan fingerprint density at radius 3 is 2.89 bits per heavy atom. The molecule has 0 fully saturated rings. The number of aromatic nitrogens is 1. The highest BCUT2D eigenvalue weighted by Gasteiger charge is 2.18. The van der Waals surface area contributed by atoms with Crippen molar-refractivity contribution < 1.29 is 14.3 Å². The molecule has 0 aliphatic carbocycles. The second kappa shape index (κ2) is 5.23. The Labute approximate surface area is 109 Å². The zero-order valence-electron chi connectivity index (χ0n) is 10.0. The van der Waals surface area contributed by atoms with Gasteiger partial charge in [-0.25, -0.2) is 0 Å². The van der Waals surface area contributed by atoms with E-state index in [9.17, 15) is 4.79 Å². The number of benzene rings is 1. The molecular formula is C13H12ClNO3. The molecule has 1 aromatic heterocycles. The maximum atomic E-state index is 10.3. The molecule has 0 N–H and O–H groups in total. The molecule has 0 bridgehead atoms. The van der Waals surface area contributed by atoms with Crippen molar-refractivity contribution in [2.45, 2.75) is 12.5 Å². The molecule has 1 heterocycles. The first-order valence-corrected chi connectivity index (χ1v) is 5.77. The zero-order chi connectivity index (χ0) is 13.1. The average molecular weight is 266 g/mol. The predicted octanol–water partition coefficient (Wildman–Crippen LogP) is 2.96. The van der Waals surface area contributed by atoms with E-state index in [1.54, 1.807) is 6.20 Å². The van der Waals surface area contributed by atoms with Crippen LogP contribution in [0.3, 0.4) is 0 Å². The van der Waals surface area contributed by atoms with E-state index in [0.29, 0.717) is 17.9 Å². The van der Waals surface area contributed by atoms with E-state index in [1.165, 1.54) is 7.11 Å². The van der Waals surface area contributed by atoms with Crippen molar-refractivity contribution in [1.29, 1.82) is 0 Å². The molecule has 1 atom stereocenters. The Morgan fingerprint density at radius 1 is 1.44 bits per heavy atom. The molecule has 1 unspecified atom stereocenters. The molecule has 0 radical (unpaired) electrons. The van der Waals surface area contributed by atoms with Gasteiger partial charge in [-0.3, -0.25) is 9.78 Å². The number of aryl methyl sites for hydroxylation is 1. The smallest absolute Gasteiger partial charge is 0.294 e. The van der Waals surface area contributed by atoms with Crippen LogP contribution in [0.5, 0.6) is 5.75 Å². The van der Waals surface area contributed by atoms with Crippen LogP contribution in [0, 0.1) is 6.92 Å². The molecule has 94 valence electrons. The van der Waals surface area contributed by atoms with Crippen LogP contribution in [0.15, 0.2) is 24.4 Å². The highest BCUT2D eigenvalue weighted by atomic mass is 35.5. The molecule has 2 rings (SSSR count). The molecule has 1 aromatic carbocycles. The maximum absolute atomic E-state index is 10.3. The second-order valence-electron chi connectivity index (χ2n) is 3.82. The fraction of sp³-hybridized carbons (Fsp3) is 0.231. The monoisotopic (exact) mass is 265 g/mol. The first-order valence-electron chi connectivity index (χ1n) is 5.33. The van der Waals surface area contributed by atoms with Gasteiger partial charge in [-0.15, -0.1) is 0 Å². The lowest BCUT2D eigenvalue weighted by Crippen LogP contribution is -2.02. The molecule has 2 aromatic rings. The quantitative estimate of drug-likeness (QED) is 0.630. The van der Waals surface area contributed by atoms with Crippen molar-refractivity contribution in [3.05, 3.63) is 35.7 Å². The van der Waals surface area contributed by atoms with Gasteiger partial charge in [-0.2, -0.15) is 0 Å². The number of alkyl halides is 1. The Bertz CT molecular complexity index is 586. The summed E-state index contributed by atoms with van der Waals surface area (Å²) in [7, 11) is 1.53. The summed E-state index contributed by atoms with van der Waals surface area (Å²) in [5.41, 5.74) is 0.534. The number of nitrogens with zero attached hydrogens (tertiary/aromatic N) is 1. The summed E-state index contributed by atoms with van der Waals surface area (Å²) in [6, 6.07) is 5.92. The minimum Gasteiger partial charge on any atom is -0.494 e.